The Kier molecular flexibility index (Phi) is 5.85. The Hall–Kier alpha value is -6.00. The van der Waals surface area contributed by atoms with Crippen LogP contribution >= 0.6 is 0 Å². The van der Waals surface area contributed by atoms with E-state index >= 15 is 0 Å². The van der Waals surface area contributed by atoms with Gasteiger partial charge in [-0.1, -0.05) is 103 Å². The molecule has 8 aromatic rings. The van der Waals surface area contributed by atoms with Gasteiger partial charge >= 0.3 is 0 Å². The Labute approximate surface area is 261 Å². The van der Waals surface area contributed by atoms with Crippen molar-refractivity contribution in [1.29, 1.82) is 0 Å². The lowest BCUT2D eigenvalue weighted by atomic mass is 9.91. The summed E-state index contributed by atoms with van der Waals surface area (Å²) in [5, 5.41) is 9.63. The van der Waals surface area contributed by atoms with Gasteiger partial charge in [0, 0.05) is 23.1 Å². The maximum absolute atomic E-state index is 5.14. The molecule has 0 fully saturated rings. The predicted octanol–water partition coefficient (Wildman–Crippen LogP) is 9.80. The topological polar surface area (TPSA) is 42.7 Å². The molecule has 0 radical (unpaired) electrons. The number of nitrogens with one attached hydrogen (secondary N) is 1. The molecule has 1 N–H and O–H groups in total. The summed E-state index contributed by atoms with van der Waals surface area (Å²) in [6, 6.07) is 49.3. The number of pyridine rings is 2. The van der Waals surface area contributed by atoms with Crippen LogP contribution in [0, 0.1) is 0 Å². The van der Waals surface area contributed by atoms with Crippen LogP contribution in [-0.4, -0.2) is 14.5 Å². The second-order valence-corrected chi connectivity index (χ2v) is 11.5. The highest BCUT2D eigenvalue weighted by atomic mass is 15.1. The fourth-order valence-corrected chi connectivity index (χ4v) is 6.79. The molecule has 1 aliphatic rings. The molecule has 0 amide bonds. The molecule has 0 aliphatic carbocycles. The molecule has 45 heavy (non-hydrogen) atoms. The lowest BCUT2D eigenvalue weighted by Crippen LogP contribution is -2.11. The Morgan fingerprint density at radius 2 is 1.16 bits per heavy atom. The van der Waals surface area contributed by atoms with E-state index in [1.807, 2.05) is 18.3 Å². The number of benzene rings is 5. The second-order valence-electron chi connectivity index (χ2n) is 11.5. The minimum atomic E-state index is 0.804. The molecule has 0 saturated carbocycles. The van der Waals surface area contributed by atoms with E-state index < -0.39 is 0 Å². The molecule has 4 heteroatoms. The SMILES string of the molecule is C1=Cc2c(c3ccccc3n2-c2cccc(-c3cccc(-c4ccc(-c5c6ccccc6cc6ccccc56)cc4)n3)n2)CN1. The van der Waals surface area contributed by atoms with Crippen molar-refractivity contribution in [1.82, 2.24) is 19.9 Å². The summed E-state index contributed by atoms with van der Waals surface area (Å²) in [5.41, 5.74) is 9.77. The van der Waals surface area contributed by atoms with Crippen LogP contribution in [0.15, 0.2) is 146 Å². The lowest BCUT2D eigenvalue weighted by molar-refractivity contribution is 0.852. The van der Waals surface area contributed by atoms with Gasteiger partial charge in [-0.15, -0.1) is 0 Å². The third-order valence-electron chi connectivity index (χ3n) is 8.87. The van der Waals surface area contributed by atoms with Crippen LogP contribution in [0.5, 0.6) is 0 Å². The Morgan fingerprint density at radius 1 is 0.533 bits per heavy atom. The van der Waals surface area contributed by atoms with Crippen molar-refractivity contribution >= 4 is 38.5 Å². The second kappa shape index (κ2) is 10.3. The molecule has 0 saturated heterocycles. The molecule has 0 atom stereocenters. The fourth-order valence-electron chi connectivity index (χ4n) is 6.79. The van der Waals surface area contributed by atoms with Crippen LogP contribution in [0.3, 0.4) is 0 Å². The van der Waals surface area contributed by atoms with Gasteiger partial charge in [0.25, 0.3) is 0 Å². The van der Waals surface area contributed by atoms with Crippen molar-refractivity contribution in [3.05, 3.63) is 157 Å². The third-order valence-corrected chi connectivity index (χ3v) is 8.87. The van der Waals surface area contributed by atoms with E-state index in [0.717, 1.165) is 40.5 Å². The molecule has 4 nitrogen and oxygen atoms in total. The smallest absolute Gasteiger partial charge is 0.138 e. The van der Waals surface area contributed by atoms with E-state index in [2.05, 4.69) is 143 Å². The third kappa shape index (κ3) is 4.22. The highest BCUT2D eigenvalue weighted by Gasteiger charge is 2.19. The first-order chi connectivity index (χ1) is 22.3. The van der Waals surface area contributed by atoms with Crippen LogP contribution in [-0.2, 0) is 6.54 Å². The van der Waals surface area contributed by atoms with E-state index in [1.54, 1.807) is 0 Å². The van der Waals surface area contributed by atoms with Crippen molar-refractivity contribution in [3.63, 3.8) is 0 Å². The van der Waals surface area contributed by atoms with Gasteiger partial charge in [-0.2, -0.15) is 0 Å². The number of rotatable bonds is 4. The van der Waals surface area contributed by atoms with E-state index in [-0.39, 0.29) is 0 Å². The predicted molar refractivity (Wildman–Crippen MR) is 186 cm³/mol. The molecule has 1 aliphatic heterocycles. The maximum atomic E-state index is 5.14. The lowest BCUT2D eigenvalue weighted by Gasteiger charge is -2.13. The van der Waals surface area contributed by atoms with E-state index in [0.29, 0.717) is 0 Å². The molecule has 3 aromatic heterocycles. The molecule has 4 heterocycles. The number of fused-ring (bicyclic) bond motifs is 5. The molecule has 5 aromatic carbocycles. The number of hydrogen-bond donors (Lipinski definition) is 1. The largest absolute Gasteiger partial charge is 0.387 e. The average molecular weight is 577 g/mol. The number of nitrogens with zero attached hydrogens (tertiary/aromatic N) is 3. The number of aromatic nitrogens is 3. The highest BCUT2D eigenvalue weighted by molar-refractivity contribution is 6.12. The molecule has 0 bridgehead atoms. The van der Waals surface area contributed by atoms with Gasteiger partial charge in [-0.05, 0) is 81.3 Å². The summed E-state index contributed by atoms with van der Waals surface area (Å²) >= 11 is 0. The van der Waals surface area contributed by atoms with Crippen molar-refractivity contribution in [2.75, 3.05) is 0 Å². The quantitative estimate of drug-likeness (QED) is 0.212. The average Bonchev–Trinajstić information content (AvgIpc) is 3.45. The van der Waals surface area contributed by atoms with Crippen LogP contribution < -0.4 is 5.32 Å². The Bertz CT molecular complexity index is 2380. The minimum Gasteiger partial charge on any atom is -0.387 e. The normalized spacial score (nSPS) is 12.4. The Balaban J connectivity index is 1.10. The molecule has 0 spiro atoms. The van der Waals surface area contributed by atoms with Crippen LogP contribution in [0.25, 0.3) is 78.1 Å². The summed E-state index contributed by atoms with van der Waals surface area (Å²) in [6.07, 6.45) is 4.15. The molecule has 9 rings (SSSR count). The van der Waals surface area contributed by atoms with Crippen molar-refractivity contribution in [2.45, 2.75) is 6.54 Å². The van der Waals surface area contributed by atoms with Crippen LogP contribution in [0.1, 0.15) is 11.3 Å². The van der Waals surface area contributed by atoms with Gasteiger partial charge in [0.1, 0.15) is 5.82 Å². The van der Waals surface area contributed by atoms with Crippen LogP contribution in [0.2, 0.25) is 0 Å². The monoisotopic (exact) mass is 576 g/mol. The first kappa shape index (κ1) is 25.5. The maximum Gasteiger partial charge on any atom is 0.138 e. The zero-order valence-corrected chi connectivity index (χ0v) is 24.5. The molecular weight excluding hydrogens is 548 g/mol. The van der Waals surface area contributed by atoms with E-state index in [4.69, 9.17) is 9.97 Å². The van der Waals surface area contributed by atoms with E-state index in [9.17, 15) is 0 Å². The van der Waals surface area contributed by atoms with Gasteiger partial charge < -0.3 is 5.32 Å². The Morgan fingerprint density at radius 3 is 1.93 bits per heavy atom. The summed E-state index contributed by atoms with van der Waals surface area (Å²) in [7, 11) is 0. The standard InChI is InChI=1S/C41H28N4/c1-3-11-31-29(9-1)25-30-10-2-4-12-32(30)41(31)28-21-19-27(20-22-28)35-14-7-15-36(43-35)37-16-8-18-40(44-37)45-38-17-6-5-13-33(38)34-26-42-24-23-39(34)45/h1-25,42H,26H2. The first-order valence-corrected chi connectivity index (χ1v) is 15.3. The summed E-state index contributed by atoms with van der Waals surface area (Å²) in [4.78, 5) is 10.2. The summed E-state index contributed by atoms with van der Waals surface area (Å²) in [5.74, 6) is 0.885. The number of hydrogen-bond acceptors (Lipinski definition) is 3. The van der Waals surface area contributed by atoms with Gasteiger partial charge in [0.05, 0.1) is 28.3 Å². The minimum absolute atomic E-state index is 0.804. The first-order valence-electron chi connectivity index (χ1n) is 15.3. The number of para-hydroxylation sites is 1. The molecule has 0 unspecified atom stereocenters. The molecule has 212 valence electrons. The fraction of sp³-hybridized carbons (Fsp3) is 0.0244. The van der Waals surface area contributed by atoms with Crippen LogP contribution in [0.4, 0.5) is 0 Å². The summed E-state index contributed by atoms with van der Waals surface area (Å²) < 4.78 is 2.26. The van der Waals surface area contributed by atoms with Gasteiger partial charge in [-0.3, -0.25) is 4.57 Å². The van der Waals surface area contributed by atoms with Crippen molar-refractivity contribution in [2.24, 2.45) is 0 Å². The summed E-state index contributed by atoms with van der Waals surface area (Å²) in [6.45, 7) is 0.804. The van der Waals surface area contributed by atoms with Crippen molar-refractivity contribution in [3.8, 4) is 39.6 Å². The van der Waals surface area contributed by atoms with Crippen molar-refractivity contribution < 1.29 is 0 Å². The zero-order chi connectivity index (χ0) is 29.7. The van der Waals surface area contributed by atoms with E-state index in [1.165, 1.54) is 49.3 Å². The van der Waals surface area contributed by atoms with Gasteiger partial charge in [0.15, 0.2) is 0 Å². The van der Waals surface area contributed by atoms with Gasteiger partial charge in [0.2, 0.25) is 0 Å². The zero-order valence-electron chi connectivity index (χ0n) is 24.5. The van der Waals surface area contributed by atoms with Gasteiger partial charge in [-0.25, -0.2) is 9.97 Å². The molecular formula is C41H28N4. The highest BCUT2D eigenvalue weighted by Crippen LogP contribution is 2.37.